The van der Waals surface area contributed by atoms with Crippen LogP contribution >= 0.6 is 11.3 Å². The van der Waals surface area contributed by atoms with Crippen LogP contribution in [0.2, 0.25) is 0 Å². The van der Waals surface area contributed by atoms with Gasteiger partial charge in [0, 0.05) is 12.1 Å². The Kier molecular flexibility index (Phi) is 5.11. The summed E-state index contributed by atoms with van der Waals surface area (Å²) in [7, 11) is 0. The first-order chi connectivity index (χ1) is 11.6. The molecule has 2 aromatic carbocycles. The number of nitrogens with zero attached hydrogens (tertiary/aromatic N) is 1. The van der Waals surface area contributed by atoms with E-state index in [0.717, 1.165) is 26.7 Å². The Balaban J connectivity index is 1.45. The summed E-state index contributed by atoms with van der Waals surface area (Å²) < 4.78 is 6.73. The van der Waals surface area contributed by atoms with Gasteiger partial charge in [-0.15, -0.1) is 11.3 Å². The molecular weight excluding hydrogens is 320 g/mol. The summed E-state index contributed by atoms with van der Waals surface area (Å²) in [4.78, 5) is 16.4. The molecule has 0 aliphatic heterocycles. The largest absolute Gasteiger partial charge is 0.494 e. The van der Waals surface area contributed by atoms with E-state index in [9.17, 15) is 4.79 Å². The molecule has 0 saturated heterocycles. The van der Waals surface area contributed by atoms with Crippen molar-refractivity contribution in [3.05, 3.63) is 53.0 Å². The lowest BCUT2D eigenvalue weighted by atomic mass is 10.2. The fraction of sp³-hybridized carbons (Fsp3) is 0.263. The Bertz CT molecular complexity index is 840. The number of aromatic nitrogens is 1. The number of nitrogens with one attached hydrogen (secondary N) is 1. The lowest BCUT2D eigenvalue weighted by Gasteiger charge is -2.07. The predicted molar refractivity (Wildman–Crippen MR) is 98.9 cm³/mol. The minimum absolute atomic E-state index is 0.00286. The first-order valence-electron chi connectivity index (χ1n) is 7.97. The molecule has 1 amide bonds. The van der Waals surface area contributed by atoms with E-state index in [2.05, 4.69) is 10.3 Å². The monoisotopic (exact) mass is 340 g/mol. The van der Waals surface area contributed by atoms with Crippen LogP contribution in [0.4, 0.5) is 5.69 Å². The number of carbonyl (C=O) groups is 1. The van der Waals surface area contributed by atoms with Crippen molar-refractivity contribution in [3.63, 3.8) is 0 Å². The van der Waals surface area contributed by atoms with Crippen LogP contribution in [0.25, 0.3) is 10.2 Å². The fourth-order valence-corrected chi connectivity index (χ4v) is 3.26. The minimum atomic E-state index is 0.00286. The van der Waals surface area contributed by atoms with Gasteiger partial charge in [0.1, 0.15) is 5.75 Å². The van der Waals surface area contributed by atoms with Gasteiger partial charge >= 0.3 is 0 Å². The summed E-state index contributed by atoms with van der Waals surface area (Å²) in [5, 5.41) is 3.96. The highest BCUT2D eigenvalue weighted by molar-refractivity contribution is 7.18. The molecule has 0 spiro atoms. The second kappa shape index (κ2) is 7.45. The quantitative estimate of drug-likeness (QED) is 0.661. The molecule has 0 aliphatic carbocycles. The molecule has 24 heavy (non-hydrogen) atoms. The molecule has 5 heteroatoms. The van der Waals surface area contributed by atoms with Gasteiger partial charge in [0.2, 0.25) is 5.91 Å². The highest BCUT2D eigenvalue weighted by Crippen LogP contribution is 2.24. The summed E-state index contributed by atoms with van der Waals surface area (Å²) in [6, 6.07) is 13.7. The number of carbonyl (C=O) groups excluding carboxylic acids is 1. The minimum Gasteiger partial charge on any atom is -0.494 e. The summed E-state index contributed by atoms with van der Waals surface area (Å²) in [5.74, 6) is 0.843. The Morgan fingerprint density at radius 2 is 1.96 bits per heavy atom. The number of fused-ring (bicyclic) bond motifs is 1. The van der Waals surface area contributed by atoms with Crippen LogP contribution in [-0.2, 0) is 4.79 Å². The number of hydrogen-bond acceptors (Lipinski definition) is 4. The summed E-state index contributed by atoms with van der Waals surface area (Å²) in [6.07, 6.45) is 1.12. The van der Waals surface area contributed by atoms with Gasteiger partial charge < -0.3 is 10.1 Å². The molecule has 4 nitrogen and oxygen atoms in total. The van der Waals surface area contributed by atoms with Crippen molar-refractivity contribution in [3.8, 4) is 5.75 Å². The van der Waals surface area contributed by atoms with E-state index in [0.29, 0.717) is 19.4 Å². The number of thiazole rings is 1. The van der Waals surface area contributed by atoms with Gasteiger partial charge in [0.05, 0.1) is 21.8 Å². The maximum Gasteiger partial charge on any atom is 0.224 e. The number of rotatable bonds is 6. The van der Waals surface area contributed by atoms with Crippen LogP contribution in [0.5, 0.6) is 5.75 Å². The van der Waals surface area contributed by atoms with Crippen LogP contribution in [0, 0.1) is 13.8 Å². The van der Waals surface area contributed by atoms with Crippen molar-refractivity contribution in [2.24, 2.45) is 0 Å². The Morgan fingerprint density at radius 3 is 2.75 bits per heavy atom. The van der Waals surface area contributed by atoms with E-state index in [1.807, 2.05) is 56.3 Å². The zero-order valence-corrected chi connectivity index (χ0v) is 14.7. The standard InChI is InChI=1S/C19H20N2O2S/c1-13-5-8-16(9-6-13)23-11-3-4-19(22)21-15-7-10-17-18(12-15)24-14(2)20-17/h5-10,12H,3-4,11H2,1-2H3,(H,21,22). The van der Waals surface area contributed by atoms with E-state index < -0.39 is 0 Å². The average molecular weight is 340 g/mol. The van der Waals surface area contributed by atoms with E-state index >= 15 is 0 Å². The average Bonchev–Trinajstić information content (AvgIpc) is 2.92. The summed E-state index contributed by atoms with van der Waals surface area (Å²) in [6.45, 7) is 4.56. The molecule has 1 N–H and O–H groups in total. The normalized spacial score (nSPS) is 10.8. The van der Waals surface area contributed by atoms with Crippen LogP contribution in [-0.4, -0.2) is 17.5 Å². The Morgan fingerprint density at radius 1 is 1.17 bits per heavy atom. The molecule has 124 valence electrons. The van der Waals surface area contributed by atoms with Crippen molar-refractivity contribution >= 4 is 33.1 Å². The third kappa shape index (κ3) is 4.32. The number of hydrogen-bond donors (Lipinski definition) is 1. The first kappa shape index (κ1) is 16.5. The van der Waals surface area contributed by atoms with Crippen LogP contribution in [0.3, 0.4) is 0 Å². The van der Waals surface area contributed by atoms with Gasteiger partial charge in [-0.05, 0) is 50.6 Å². The molecule has 0 atom stereocenters. The number of benzene rings is 2. The molecule has 0 unspecified atom stereocenters. The number of aryl methyl sites for hydroxylation is 2. The molecule has 0 radical (unpaired) electrons. The van der Waals surface area contributed by atoms with Gasteiger partial charge in [0.15, 0.2) is 0 Å². The zero-order valence-electron chi connectivity index (χ0n) is 13.8. The highest BCUT2D eigenvalue weighted by atomic mass is 32.1. The maximum atomic E-state index is 12.0. The highest BCUT2D eigenvalue weighted by Gasteiger charge is 2.05. The zero-order chi connectivity index (χ0) is 16.9. The molecule has 1 aromatic heterocycles. The van der Waals surface area contributed by atoms with Crippen molar-refractivity contribution in [1.29, 1.82) is 0 Å². The maximum absolute atomic E-state index is 12.0. The third-order valence-corrected chi connectivity index (χ3v) is 4.55. The third-order valence-electron chi connectivity index (χ3n) is 3.62. The predicted octanol–water partition coefficient (Wildman–Crippen LogP) is 4.71. The number of ether oxygens (including phenoxy) is 1. The molecule has 0 saturated carbocycles. The molecule has 0 bridgehead atoms. The smallest absolute Gasteiger partial charge is 0.224 e. The van der Waals surface area contributed by atoms with E-state index in [-0.39, 0.29) is 5.91 Å². The summed E-state index contributed by atoms with van der Waals surface area (Å²) >= 11 is 1.63. The van der Waals surface area contributed by atoms with Gasteiger partial charge in [-0.3, -0.25) is 4.79 Å². The van der Waals surface area contributed by atoms with Crippen molar-refractivity contribution in [2.75, 3.05) is 11.9 Å². The molecule has 3 aromatic rings. The van der Waals surface area contributed by atoms with Crippen molar-refractivity contribution in [1.82, 2.24) is 4.98 Å². The molecule has 1 heterocycles. The Hall–Kier alpha value is -2.40. The first-order valence-corrected chi connectivity index (χ1v) is 8.78. The Labute approximate surface area is 145 Å². The molecule has 0 fully saturated rings. The second-order valence-corrected chi connectivity index (χ2v) is 6.96. The van der Waals surface area contributed by atoms with Gasteiger partial charge in [-0.1, -0.05) is 17.7 Å². The van der Waals surface area contributed by atoms with Gasteiger partial charge in [-0.2, -0.15) is 0 Å². The van der Waals surface area contributed by atoms with E-state index in [1.165, 1.54) is 5.56 Å². The topological polar surface area (TPSA) is 51.2 Å². The summed E-state index contributed by atoms with van der Waals surface area (Å²) in [5.41, 5.74) is 2.99. The van der Waals surface area contributed by atoms with Crippen LogP contribution in [0.15, 0.2) is 42.5 Å². The van der Waals surface area contributed by atoms with Crippen LogP contribution < -0.4 is 10.1 Å². The van der Waals surface area contributed by atoms with Gasteiger partial charge in [0.25, 0.3) is 0 Å². The van der Waals surface area contributed by atoms with E-state index in [1.54, 1.807) is 11.3 Å². The second-order valence-electron chi connectivity index (χ2n) is 5.73. The van der Waals surface area contributed by atoms with E-state index in [4.69, 9.17) is 4.74 Å². The van der Waals surface area contributed by atoms with Crippen LogP contribution in [0.1, 0.15) is 23.4 Å². The molecule has 0 aliphatic rings. The lowest BCUT2D eigenvalue weighted by molar-refractivity contribution is -0.116. The van der Waals surface area contributed by atoms with Crippen molar-refractivity contribution in [2.45, 2.75) is 26.7 Å². The number of anilines is 1. The fourth-order valence-electron chi connectivity index (χ4n) is 2.40. The SMILES string of the molecule is Cc1ccc(OCCCC(=O)Nc2ccc3nc(C)sc3c2)cc1. The molecular formula is C19H20N2O2S. The van der Waals surface area contributed by atoms with Gasteiger partial charge in [-0.25, -0.2) is 4.98 Å². The van der Waals surface area contributed by atoms with Crippen molar-refractivity contribution < 1.29 is 9.53 Å². The molecule has 3 rings (SSSR count). The lowest BCUT2D eigenvalue weighted by Crippen LogP contribution is -2.12. The number of amides is 1.